The van der Waals surface area contributed by atoms with Crippen LogP contribution in [-0.2, 0) is 17.8 Å². The van der Waals surface area contributed by atoms with Crippen LogP contribution in [-0.4, -0.2) is 30.6 Å². The summed E-state index contributed by atoms with van der Waals surface area (Å²) < 4.78 is 2.25. The Balaban J connectivity index is 1.92. The van der Waals surface area contributed by atoms with E-state index < -0.39 is 5.97 Å². The Morgan fingerprint density at radius 1 is 1.21 bits per heavy atom. The highest BCUT2D eigenvalue weighted by Crippen LogP contribution is 2.24. The third-order valence-electron chi connectivity index (χ3n) is 4.16. The molecule has 0 aliphatic heterocycles. The van der Waals surface area contributed by atoms with Gasteiger partial charge in [0.25, 0.3) is 0 Å². The number of fused-ring (bicyclic) bond motifs is 3. The standard InChI is InChI=1S/C18H22N4O2/c1-2-7-15-21-14-12-20-13-8-6-10-19-17(13)18(14)22(15)11-5-3-4-9-16(23)24/h6,8,10,12H,2-5,7,9,11H2,1H3,(H,23,24). The lowest BCUT2D eigenvalue weighted by Gasteiger charge is -2.09. The van der Waals surface area contributed by atoms with Crippen LogP contribution in [0.15, 0.2) is 24.5 Å². The molecule has 0 aliphatic carbocycles. The quantitative estimate of drug-likeness (QED) is 0.640. The first-order valence-corrected chi connectivity index (χ1v) is 8.51. The van der Waals surface area contributed by atoms with E-state index in [1.807, 2.05) is 18.3 Å². The van der Waals surface area contributed by atoms with Gasteiger partial charge in [-0.3, -0.25) is 14.8 Å². The third kappa shape index (κ3) is 3.37. The van der Waals surface area contributed by atoms with E-state index >= 15 is 0 Å². The zero-order valence-electron chi connectivity index (χ0n) is 13.9. The smallest absolute Gasteiger partial charge is 0.303 e. The highest BCUT2D eigenvalue weighted by atomic mass is 16.4. The number of carbonyl (C=O) groups is 1. The van der Waals surface area contributed by atoms with Gasteiger partial charge in [-0.1, -0.05) is 13.3 Å². The fourth-order valence-corrected chi connectivity index (χ4v) is 3.05. The van der Waals surface area contributed by atoms with Crippen molar-refractivity contribution in [2.24, 2.45) is 0 Å². The fraction of sp³-hybridized carbons (Fsp3) is 0.444. The van der Waals surface area contributed by atoms with Gasteiger partial charge < -0.3 is 9.67 Å². The lowest BCUT2D eigenvalue weighted by atomic mass is 10.2. The maximum Gasteiger partial charge on any atom is 0.303 e. The molecule has 0 atom stereocenters. The molecular weight excluding hydrogens is 304 g/mol. The lowest BCUT2D eigenvalue weighted by molar-refractivity contribution is -0.137. The number of nitrogens with zero attached hydrogens (tertiary/aromatic N) is 4. The minimum absolute atomic E-state index is 0.237. The van der Waals surface area contributed by atoms with Gasteiger partial charge in [0.2, 0.25) is 0 Å². The maximum absolute atomic E-state index is 10.6. The summed E-state index contributed by atoms with van der Waals surface area (Å²) in [6, 6.07) is 3.85. The number of aromatic nitrogens is 4. The van der Waals surface area contributed by atoms with Crippen LogP contribution in [0.2, 0.25) is 0 Å². The summed E-state index contributed by atoms with van der Waals surface area (Å²) in [7, 11) is 0. The minimum atomic E-state index is -0.726. The molecule has 126 valence electrons. The van der Waals surface area contributed by atoms with Gasteiger partial charge in [-0.25, -0.2) is 4.98 Å². The number of pyridine rings is 2. The topological polar surface area (TPSA) is 80.9 Å². The number of carboxylic acids is 1. The summed E-state index contributed by atoms with van der Waals surface area (Å²) in [6.07, 6.45) is 8.33. The molecule has 0 aliphatic rings. The molecule has 0 aromatic carbocycles. The van der Waals surface area contributed by atoms with Crippen molar-refractivity contribution in [3.05, 3.63) is 30.4 Å². The van der Waals surface area contributed by atoms with Gasteiger partial charge in [0.15, 0.2) is 0 Å². The van der Waals surface area contributed by atoms with E-state index in [2.05, 4.69) is 21.5 Å². The zero-order chi connectivity index (χ0) is 16.9. The van der Waals surface area contributed by atoms with Crippen molar-refractivity contribution >= 4 is 28.0 Å². The van der Waals surface area contributed by atoms with Crippen LogP contribution in [0.5, 0.6) is 0 Å². The summed E-state index contributed by atoms with van der Waals surface area (Å²) in [5.41, 5.74) is 3.69. The van der Waals surface area contributed by atoms with E-state index in [-0.39, 0.29) is 6.42 Å². The number of aryl methyl sites for hydroxylation is 2. The molecule has 24 heavy (non-hydrogen) atoms. The van der Waals surface area contributed by atoms with Gasteiger partial charge in [-0.15, -0.1) is 0 Å². The Morgan fingerprint density at radius 3 is 2.88 bits per heavy atom. The second kappa shape index (κ2) is 7.38. The van der Waals surface area contributed by atoms with Crippen molar-refractivity contribution in [2.45, 2.75) is 52.0 Å². The minimum Gasteiger partial charge on any atom is -0.481 e. The monoisotopic (exact) mass is 326 g/mol. The van der Waals surface area contributed by atoms with Crippen LogP contribution in [0.4, 0.5) is 0 Å². The van der Waals surface area contributed by atoms with Gasteiger partial charge in [0, 0.05) is 25.6 Å². The normalized spacial score (nSPS) is 11.4. The Bertz CT molecular complexity index is 857. The van der Waals surface area contributed by atoms with Gasteiger partial charge in [0.05, 0.1) is 17.2 Å². The number of rotatable bonds is 8. The molecular formula is C18H22N4O2. The van der Waals surface area contributed by atoms with Crippen molar-refractivity contribution in [1.29, 1.82) is 0 Å². The van der Waals surface area contributed by atoms with Gasteiger partial charge >= 0.3 is 5.97 Å². The first kappa shape index (κ1) is 16.4. The highest BCUT2D eigenvalue weighted by molar-refractivity contribution is 5.99. The number of hydrogen-bond donors (Lipinski definition) is 1. The second-order valence-electron chi connectivity index (χ2n) is 6.00. The SMILES string of the molecule is CCCc1nc2cnc3cccnc3c2n1CCCCCC(=O)O. The van der Waals surface area contributed by atoms with E-state index in [4.69, 9.17) is 10.1 Å². The van der Waals surface area contributed by atoms with Crippen molar-refractivity contribution in [3.8, 4) is 0 Å². The molecule has 6 nitrogen and oxygen atoms in total. The average Bonchev–Trinajstić information content (AvgIpc) is 2.92. The summed E-state index contributed by atoms with van der Waals surface area (Å²) in [4.78, 5) is 24.3. The van der Waals surface area contributed by atoms with Crippen LogP contribution in [0, 0.1) is 0 Å². The predicted octanol–water partition coefficient (Wildman–Crippen LogP) is 3.58. The van der Waals surface area contributed by atoms with Crippen molar-refractivity contribution in [3.63, 3.8) is 0 Å². The third-order valence-corrected chi connectivity index (χ3v) is 4.16. The number of hydrogen-bond acceptors (Lipinski definition) is 4. The molecule has 6 heteroatoms. The number of aliphatic carboxylic acids is 1. The summed E-state index contributed by atoms with van der Waals surface area (Å²) in [5.74, 6) is 0.335. The number of imidazole rings is 1. The molecule has 3 aromatic heterocycles. The van der Waals surface area contributed by atoms with Crippen LogP contribution < -0.4 is 0 Å². The molecule has 0 bridgehead atoms. The van der Waals surface area contributed by atoms with Crippen molar-refractivity contribution in [2.75, 3.05) is 0 Å². The van der Waals surface area contributed by atoms with Crippen LogP contribution in [0.3, 0.4) is 0 Å². The van der Waals surface area contributed by atoms with E-state index in [1.165, 1.54) is 0 Å². The predicted molar refractivity (Wildman–Crippen MR) is 92.9 cm³/mol. The van der Waals surface area contributed by atoms with Gasteiger partial charge in [-0.05, 0) is 31.4 Å². The molecule has 3 heterocycles. The van der Waals surface area contributed by atoms with Gasteiger partial charge in [-0.2, -0.15) is 0 Å². The molecule has 0 radical (unpaired) electrons. The molecule has 1 N–H and O–H groups in total. The Hall–Kier alpha value is -2.50. The summed E-state index contributed by atoms with van der Waals surface area (Å²) in [5, 5.41) is 8.74. The fourth-order valence-electron chi connectivity index (χ4n) is 3.05. The molecule has 0 saturated carbocycles. The second-order valence-corrected chi connectivity index (χ2v) is 6.00. The van der Waals surface area contributed by atoms with Crippen LogP contribution in [0.1, 0.15) is 44.9 Å². The first-order valence-electron chi connectivity index (χ1n) is 8.51. The highest BCUT2D eigenvalue weighted by Gasteiger charge is 2.14. The van der Waals surface area contributed by atoms with Crippen LogP contribution >= 0.6 is 0 Å². The van der Waals surface area contributed by atoms with E-state index in [9.17, 15) is 4.79 Å². The largest absolute Gasteiger partial charge is 0.481 e. The molecule has 0 spiro atoms. The lowest BCUT2D eigenvalue weighted by Crippen LogP contribution is -2.05. The molecule has 0 amide bonds. The Morgan fingerprint density at radius 2 is 2.08 bits per heavy atom. The van der Waals surface area contributed by atoms with E-state index in [1.54, 1.807) is 6.20 Å². The first-order chi connectivity index (χ1) is 11.7. The average molecular weight is 326 g/mol. The van der Waals surface area contributed by atoms with Gasteiger partial charge in [0.1, 0.15) is 16.9 Å². The van der Waals surface area contributed by atoms with Crippen LogP contribution in [0.25, 0.3) is 22.1 Å². The van der Waals surface area contributed by atoms with Crippen molar-refractivity contribution in [1.82, 2.24) is 19.5 Å². The summed E-state index contributed by atoms with van der Waals surface area (Å²) >= 11 is 0. The Kier molecular flexibility index (Phi) is 5.03. The number of unbranched alkanes of at least 4 members (excludes halogenated alkanes) is 2. The summed E-state index contributed by atoms with van der Waals surface area (Å²) in [6.45, 7) is 2.98. The molecule has 0 saturated heterocycles. The van der Waals surface area contributed by atoms with E-state index in [0.717, 1.165) is 60.1 Å². The molecule has 3 aromatic rings. The Labute approximate surface area is 140 Å². The molecule has 0 fully saturated rings. The number of carboxylic acid groups (broad SMARTS) is 1. The molecule has 0 unspecified atom stereocenters. The molecule has 3 rings (SSSR count). The zero-order valence-corrected chi connectivity index (χ0v) is 13.9. The van der Waals surface area contributed by atoms with Crippen molar-refractivity contribution < 1.29 is 9.90 Å². The van der Waals surface area contributed by atoms with E-state index in [0.29, 0.717) is 6.42 Å². The maximum atomic E-state index is 10.6.